The van der Waals surface area contributed by atoms with Crippen molar-refractivity contribution in [3.05, 3.63) is 70.6 Å². The van der Waals surface area contributed by atoms with E-state index < -0.39 is 0 Å². The molecule has 0 radical (unpaired) electrons. The SMILES string of the molecule is C/C(=C\n1c(C)nnc1N1CCCC[C@@H]1C)O[C@@H]1CC[C@H](NC(=O)Nc2cc(C(C)(C)C)nn2-c2cn(CCN(C)C)nc2CO)c2ccccc21. The Balaban J connectivity index is 1.19. The summed E-state index contributed by atoms with van der Waals surface area (Å²) in [6, 6.07) is 9.90. The van der Waals surface area contributed by atoms with E-state index in [9.17, 15) is 9.90 Å². The molecule has 1 aliphatic carbocycles. The van der Waals surface area contributed by atoms with Crippen molar-refractivity contribution in [3.63, 3.8) is 0 Å². The number of piperidine rings is 1. The first-order chi connectivity index (χ1) is 24.8. The average molecular weight is 714 g/mol. The van der Waals surface area contributed by atoms with Gasteiger partial charge in [0.25, 0.3) is 0 Å². The van der Waals surface area contributed by atoms with Gasteiger partial charge in [0, 0.05) is 30.6 Å². The van der Waals surface area contributed by atoms with E-state index in [1.54, 1.807) is 9.36 Å². The molecule has 0 saturated carbocycles. The van der Waals surface area contributed by atoms with Gasteiger partial charge in [-0.15, -0.1) is 10.2 Å². The van der Waals surface area contributed by atoms with Crippen molar-refractivity contribution in [3.8, 4) is 5.69 Å². The summed E-state index contributed by atoms with van der Waals surface area (Å²) in [6.07, 6.45) is 8.65. The number of nitrogens with zero attached hydrogens (tertiary/aromatic N) is 9. The number of likely N-dealkylation sites (N-methyl/N-ethyl adjacent to an activating group) is 1. The van der Waals surface area contributed by atoms with E-state index in [2.05, 4.69) is 75.6 Å². The zero-order valence-electron chi connectivity index (χ0n) is 31.9. The second-order valence-electron chi connectivity index (χ2n) is 15.4. The molecule has 2 amide bonds. The minimum absolute atomic E-state index is 0.167. The molecule has 3 atom stereocenters. The Morgan fingerprint density at radius 1 is 1.10 bits per heavy atom. The predicted molar refractivity (Wildman–Crippen MR) is 202 cm³/mol. The van der Waals surface area contributed by atoms with Crippen LogP contribution in [0.15, 0.2) is 42.3 Å². The molecule has 1 aliphatic heterocycles. The summed E-state index contributed by atoms with van der Waals surface area (Å²) in [5.41, 5.74) is 3.71. The number of aliphatic hydroxyl groups is 1. The molecule has 3 aromatic heterocycles. The highest BCUT2D eigenvalue weighted by Crippen LogP contribution is 2.39. The summed E-state index contributed by atoms with van der Waals surface area (Å²) >= 11 is 0. The Bertz CT molecular complexity index is 1880. The van der Waals surface area contributed by atoms with Crippen molar-refractivity contribution in [1.82, 2.24) is 44.5 Å². The van der Waals surface area contributed by atoms with Gasteiger partial charge in [-0.2, -0.15) is 10.2 Å². The first-order valence-electron chi connectivity index (χ1n) is 18.4. The summed E-state index contributed by atoms with van der Waals surface area (Å²) in [5.74, 6) is 2.94. The largest absolute Gasteiger partial charge is 0.489 e. The Morgan fingerprint density at radius 3 is 2.58 bits per heavy atom. The highest BCUT2D eigenvalue weighted by atomic mass is 16.5. The highest BCUT2D eigenvalue weighted by Gasteiger charge is 2.31. The molecule has 4 aromatic rings. The molecule has 1 fully saturated rings. The summed E-state index contributed by atoms with van der Waals surface area (Å²) in [6.45, 7) is 14.6. The Kier molecular flexibility index (Phi) is 11.1. The summed E-state index contributed by atoms with van der Waals surface area (Å²) in [7, 11) is 4.01. The lowest BCUT2D eigenvalue weighted by molar-refractivity contribution is 0.0978. The van der Waals surface area contributed by atoms with E-state index in [1.165, 1.54) is 6.42 Å². The number of amides is 2. The van der Waals surface area contributed by atoms with E-state index in [-0.39, 0.29) is 30.2 Å². The fourth-order valence-electron chi connectivity index (χ4n) is 7.05. The lowest BCUT2D eigenvalue weighted by atomic mass is 9.85. The molecule has 14 nitrogen and oxygen atoms in total. The maximum atomic E-state index is 13.7. The second-order valence-corrected chi connectivity index (χ2v) is 15.4. The number of fused-ring (bicyclic) bond motifs is 1. The van der Waals surface area contributed by atoms with Crippen LogP contribution in [0.3, 0.4) is 0 Å². The number of hydrogen-bond donors (Lipinski definition) is 3. The number of allylic oxidation sites excluding steroid dienone is 1. The number of aryl methyl sites for hydroxylation is 1. The van der Waals surface area contributed by atoms with E-state index in [1.807, 2.05) is 63.1 Å². The van der Waals surface area contributed by atoms with Gasteiger partial charge >= 0.3 is 6.03 Å². The monoisotopic (exact) mass is 713 g/mol. The molecular weight excluding hydrogens is 658 g/mol. The number of rotatable bonds is 11. The lowest BCUT2D eigenvalue weighted by Crippen LogP contribution is -2.39. The predicted octanol–water partition coefficient (Wildman–Crippen LogP) is 5.93. The van der Waals surface area contributed by atoms with Crippen LogP contribution < -0.4 is 15.5 Å². The molecule has 0 spiro atoms. The zero-order valence-corrected chi connectivity index (χ0v) is 31.9. The number of ether oxygens (including phenoxy) is 1. The van der Waals surface area contributed by atoms with Crippen molar-refractivity contribution in [2.75, 3.05) is 37.4 Å². The van der Waals surface area contributed by atoms with Crippen molar-refractivity contribution in [2.45, 2.75) is 110 Å². The van der Waals surface area contributed by atoms with Gasteiger partial charge < -0.3 is 25.0 Å². The third-order valence-corrected chi connectivity index (χ3v) is 9.98. The smallest absolute Gasteiger partial charge is 0.320 e. The number of urea groups is 1. The van der Waals surface area contributed by atoms with E-state index >= 15 is 0 Å². The minimum Gasteiger partial charge on any atom is -0.489 e. The Hall–Kier alpha value is -4.69. The molecule has 52 heavy (non-hydrogen) atoms. The van der Waals surface area contributed by atoms with E-state index in [4.69, 9.17) is 9.84 Å². The molecule has 3 N–H and O–H groups in total. The zero-order chi connectivity index (χ0) is 37.2. The number of hydrogen-bond acceptors (Lipinski definition) is 9. The van der Waals surface area contributed by atoms with Crippen molar-refractivity contribution >= 4 is 24.0 Å². The van der Waals surface area contributed by atoms with E-state index in [0.29, 0.717) is 36.2 Å². The molecule has 4 heterocycles. The maximum absolute atomic E-state index is 13.7. The number of carbonyl (C=O) groups excluding carboxylic acids is 1. The Morgan fingerprint density at radius 2 is 1.87 bits per heavy atom. The summed E-state index contributed by atoms with van der Waals surface area (Å²) in [5, 5.41) is 34.9. The number of anilines is 2. The quantitative estimate of drug-likeness (QED) is 0.161. The van der Waals surface area contributed by atoms with Crippen LogP contribution in [0.2, 0.25) is 0 Å². The third kappa shape index (κ3) is 8.18. The molecule has 2 aliphatic rings. The van der Waals surface area contributed by atoms with Crippen molar-refractivity contribution in [1.29, 1.82) is 0 Å². The van der Waals surface area contributed by atoms with Gasteiger partial charge in [-0.1, -0.05) is 45.0 Å². The fourth-order valence-corrected chi connectivity index (χ4v) is 7.05. The first-order valence-corrected chi connectivity index (χ1v) is 18.4. The average Bonchev–Trinajstić information content (AvgIpc) is 3.82. The van der Waals surface area contributed by atoms with Crippen LogP contribution in [0.4, 0.5) is 16.6 Å². The number of aromatic nitrogens is 7. The van der Waals surface area contributed by atoms with Crippen LogP contribution in [-0.2, 0) is 23.3 Å². The van der Waals surface area contributed by atoms with Gasteiger partial charge in [0.15, 0.2) is 0 Å². The molecule has 0 unspecified atom stereocenters. The van der Waals surface area contributed by atoms with Crippen LogP contribution in [-0.4, -0.2) is 83.6 Å². The number of nitrogens with one attached hydrogen (secondary N) is 2. The number of aliphatic hydroxyl groups excluding tert-OH is 1. The Labute approximate surface area is 306 Å². The van der Waals surface area contributed by atoms with Gasteiger partial charge in [0.1, 0.15) is 34.9 Å². The molecule has 1 saturated heterocycles. The lowest BCUT2D eigenvalue weighted by Gasteiger charge is -2.34. The van der Waals surface area contributed by atoms with Gasteiger partial charge in [-0.05, 0) is 78.1 Å². The maximum Gasteiger partial charge on any atom is 0.320 e. The fraction of sp³-hybridized carbons (Fsp3) is 0.553. The van der Waals surface area contributed by atoms with Crippen molar-refractivity contribution < 1.29 is 14.6 Å². The van der Waals surface area contributed by atoms with Gasteiger partial charge in [0.05, 0.1) is 37.3 Å². The van der Waals surface area contributed by atoms with Gasteiger partial charge in [-0.3, -0.25) is 14.6 Å². The first kappa shape index (κ1) is 37.1. The molecule has 1 aromatic carbocycles. The van der Waals surface area contributed by atoms with Crippen LogP contribution in [0, 0.1) is 6.92 Å². The van der Waals surface area contributed by atoms with Crippen LogP contribution in [0.5, 0.6) is 0 Å². The van der Waals surface area contributed by atoms with Gasteiger partial charge in [-0.25, -0.2) is 9.48 Å². The third-order valence-electron chi connectivity index (χ3n) is 9.98. The number of carbonyl (C=O) groups is 1. The van der Waals surface area contributed by atoms with Gasteiger partial charge in [0.2, 0.25) is 5.95 Å². The van der Waals surface area contributed by atoms with Crippen LogP contribution in [0.25, 0.3) is 11.9 Å². The summed E-state index contributed by atoms with van der Waals surface area (Å²) < 4.78 is 12.1. The normalized spacial score (nSPS) is 19.5. The molecule has 280 valence electrons. The molecule has 14 heteroatoms. The summed E-state index contributed by atoms with van der Waals surface area (Å²) in [4.78, 5) is 18.1. The highest BCUT2D eigenvalue weighted by molar-refractivity contribution is 5.89. The number of benzene rings is 1. The standard InChI is InChI=1S/C38H55N11O3/c1-25-13-11-12-18-47(25)37-42-41-27(3)48(37)22-26(2)52-33-17-16-30(28-14-9-10-15-29(28)33)39-36(51)40-35-21-34(38(4,5)6)44-49(35)32-23-46(20-19-45(7)8)43-31(32)24-50/h9-10,14-15,21-23,25,30,33,50H,11-13,16-20,24H2,1-8H3,(H2,39,40,51)/b26-22+/t25-,30-,33+/m0/s1. The minimum atomic E-state index is -0.343. The van der Waals surface area contributed by atoms with E-state index in [0.717, 1.165) is 66.7 Å². The molecular formula is C38H55N11O3. The molecule has 6 rings (SSSR count). The second kappa shape index (κ2) is 15.5. The molecule has 0 bridgehead atoms. The van der Waals surface area contributed by atoms with Crippen LogP contribution >= 0.6 is 0 Å². The van der Waals surface area contributed by atoms with Crippen molar-refractivity contribution in [2.24, 2.45) is 0 Å². The van der Waals surface area contributed by atoms with Crippen LogP contribution in [0.1, 0.15) is 107 Å². The topological polar surface area (TPSA) is 143 Å².